The number of nitrogens with one attached hydrogen (secondary N) is 1. The van der Waals surface area contributed by atoms with Gasteiger partial charge in [0.05, 0.1) is 7.11 Å². The van der Waals surface area contributed by atoms with Gasteiger partial charge in [0, 0.05) is 12.6 Å². The minimum atomic E-state index is 0.101. The van der Waals surface area contributed by atoms with Crippen molar-refractivity contribution in [3.63, 3.8) is 0 Å². The van der Waals surface area contributed by atoms with E-state index in [1.165, 1.54) is 5.56 Å². The van der Waals surface area contributed by atoms with Gasteiger partial charge in [-0.05, 0) is 43.7 Å². The average Bonchev–Trinajstić information content (AvgIpc) is 2.54. The van der Waals surface area contributed by atoms with Crippen molar-refractivity contribution in [3.8, 4) is 11.5 Å². The van der Waals surface area contributed by atoms with Gasteiger partial charge in [-0.3, -0.25) is 0 Å². The maximum atomic E-state index is 5.88. The zero-order valence-corrected chi connectivity index (χ0v) is 12.9. The van der Waals surface area contributed by atoms with Crippen LogP contribution in [0.25, 0.3) is 0 Å². The summed E-state index contributed by atoms with van der Waals surface area (Å²) in [5.74, 6) is 1.70. The van der Waals surface area contributed by atoms with Crippen molar-refractivity contribution in [1.82, 2.24) is 5.32 Å². The highest BCUT2D eigenvalue weighted by molar-refractivity contribution is 5.31. The van der Waals surface area contributed by atoms with Crippen LogP contribution in [0.15, 0.2) is 54.6 Å². The molecule has 1 N–H and O–H groups in total. The fourth-order valence-corrected chi connectivity index (χ4v) is 2.13. The van der Waals surface area contributed by atoms with Gasteiger partial charge in [-0.15, -0.1) is 0 Å². The number of benzene rings is 2. The zero-order valence-electron chi connectivity index (χ0n) is 12.9. The lowest BCUT2D eigenvalue weighted by atomic mass is 10.1. The first kappa shape index (κ1) is 15.4. The van der Waals surface area contributed by atoms with Crippen LogP contribution in [-0.2, 0) is 0 Å². The molecule has 0 spiro atoms. The summed E-state index contributed by atoms with van der Waals surface area (Å²) in [6, 6.07) is 18.4. The Morgan fingerprint density at radius 3 is 2.14 bits per heavy atom. The van der Waals surface area contributed by atoms with E-state index in [1.807, 2.05) is 30.3 Å². The van der Waals surface area contributed by atoms with Gasteiger partial charge in [0.25, 0.3) is 0 Å². The molecular formula is C18H23NO2. The second kappa shape index (κ2) is 7.70. The number of hydrogen-bond donors (Lipinski definition) is 1. The van der Waals surface area contributed by atoms with Gasteiger partial charge in [0.1, 0.15) is 17.6 Å². The molecule has 0 aliphatic rings. The van der Waals surface area contributed by atoms with E-state index in [0.29, 0.717) is 6.04 Å². The molecule has 2 aromatic rings. The highest BCUT2D eigenvalue weighted by Crippen LogP contribution is 2.18. The lowest BCUT2D eigenvalue weighted by Gasteiger charge is -2.19. The van der Waals surface area contributed by atoms with Crippen molar-refractivity contribution in [3.05, 3.63) is 60.2 Å². The van der Waals surface area contributed by atoms with E-state index < -0.39 is 0 Å². The van der Waals surface area contributed by atoms with Gasteiger partial charge >= 0.3 is 0 Å². The first-order chi connectivity index (χ1) is 10.2. The second-order valence-corrected chi connectivity index (χ2v) is 5.14. The minimum Gasteiger partial charge on any atom is -0.497 e. The number of rotatable bonds is 7. The first-order valence-electron chi connectivity index (χ1n) is 7.28. The number of ether oxygens (including phenoxy) is 2. The van der Waals surface area contributed by atoms with Crippen molar-refractivity contribution in [2.75, 3.05) is 13.7 Å². The number of methoxy groups -OCH3 is 1. The molecule has 0 bridgehead atoms. The average molecular weight is 285 g/mol. The third kappa shape index (κ3) is 4.80. The fraction of sp³-hybridized carbons (Fsp3) is 0.333. The standard InChI is InChI=1S/C18H23NO2/c1-14(21-18-11-9-17(20-3)10-12-18)13-19-15(2)16-7-5-4-6-8-16/h4-12,14-15,19H,13H2,1-3H3. The van der Waals surface area contributed by atoms with Crippen LogP contribution in [0.4, 0.5) is 0 Å². The van der Waals surface area contributed by atoms with Gasteiger partial charge in [-0.2, -0.15) is 0 Å². The monoisotopic (exact) mass is 285 g/mol. The Morgan fingerprint density at radius 2 is 1.52 bits per heavy atom. The molecule has 0 heterocycles. The minimum absolute atomic E-state index is 0.101. The van der Waals surface area contributed by atoms with E-state index in [0.717, 1.165) is 18.0 Å². The molecule has 0 aromatic heterocycles. The molecule has 0 fully saturated rings. The zero-order chi connectivity index (χ0) is 15.1. The Morgan fingerprint density at radius 1 is 0.905 bits per heavy atom. The summed E-state index contributed by atoms with van der Waals surface area (Å²) in [5.41, 5.74) is 1.29. The summed E-state index contributed by atoms with van der Waals surface area (Å²) in [6.07, 6.45) is 0.101. The van der Waals surface area contributed by atoms with Crippen LogP contribution in [0.2, 0.25) is 0 Å². The van der Waals surface area contributed by atoms with Crippen LogP contribution in [0.5, 0.6) is 11.5 Å². The predicted octanol–water partition coefficient (Wildman–Crippen LogP) is 3.81. The Balaban J connectivity index is 1.80. The van der Waals surface area contributed by atoms with Crippen LogP contribution >= 0.6 is 0 Å². The van der Waals surface area contributed by atoms with Crippen molar-refractivity contribution in [2.45, 2.75) is 26.0 Å². The van der Waals surface area contributed by atoms with Gasteiger partial charge in [-0.1, -0.05) is 30.3 Å². The molecule has 21 heavy (non-hydrogen) atoms. The Bertz CT molecular complexity index is 525. The van der Waals surface area contributed by atoms with Gasteiger partial charge in [0.2, 0.25) is 0 Å². The third-order valence-electron chi connectivity index (χ3n) is 3.41. The van der Waals surface area contributed by atoms with Crippen molar-refractivity contribution < 1.29 is 9.47 Å². The highest BCUT2D eigenvalue weighted by Gasteiger charge is 2.08. The van der Waals surface area contributed by atoms with E-state index in [2.05, 4.69) is 43.4 Å². The third-order valence-corrected chi connectivity index (χ3v) is 3.41. The van der Waals surface area contributed by atoms with Gasteiger partial charge in [-0.25, -0.2) is 0 Å². The van der Waals surface area contributed by atoms with E-state index in [4.69, 9.17) is 9.47 Å². The second-order valence-electron chi connectivity index (χ2n) is 5.14. The van der Waals surface area contributed by atoms with E-state index in [1.54, 1.807) is 7.11 Å². The largest absolute Gasteiger partial charge is 0.497 e. The lowest BCUT2D eigenvalue weighted by molar-refractivity contribution is 0.212. The summed E-state index contributed by atoms with van der Waals surface area (Å²) >= 11 is 0. The summed E-state index contributed by atoms with van der Waals surface area (Å²) in [4.78, 5) is 0. The Labute approximate surface area is 126 Å². The topological polar surface area (TPSA) is 30.5 Å². The molecule has 3 heteroatoms. The molecule has 3 nitrogen and oxygen atoms in total. The summed E-state index contributed by atoms with van der Waals surface area (Å²) in [5, 5.41) is 3.49. The molecule has 0 amide bonds. The smallest absolute Gasteiger partial charge is 0.120 e. The van der Waals surface area contributed by atoms with E-state index >= 15 is 0 Å². The van der Waals surface area contributed by atoms with Crippen LogP contribution in [0, 0.1) is 0 Å². The summed E-state index contributed by atoms with van der Waals surface area (Å²) < 4.78 is 11.0. The maximum absolute atomic E-state index is 5.88. The molecule has 2 unspecified atom stereocenters. The maximum Gasteiger partial charge on any atom is 0.120 e. The van der Waals surface area contributed by atoms with Gasteiger partial charge < -0.3 is 14.8 Å². The molecule has 2 atom stereocenters. The molecular weight excluding hydrogens is 262 g/mol. The molecule has 0 aliphatic carbocycles. The van der Waals surface area contributed by atoms with Gasteiger partial charge in [0.15, 0.2) is 0 Å². The Hall–Kier alpha value is -2.00. The molecule has 0 saturated carbocycles. The Kier molecular flexibility index (Phi) is 5.64. The lowest BCUT2D eigenvalue weighted by Crippen LogP contribution is -2.30. The quantitative estimate of drug-likeness (QED) is 0.839. The highest BCUT2D eigenvalue weighted by atomic mass is 16.5. The van der Waals surface area contributed by atoms with Crippen LogP contribution < -0.4 is 14.8 Å². The van der Waals surface area contributed by atoms with E-state index in [9.17, 15) is 0 Å². The van der Waals surface area contributed by atoms with Crippen molar-refractivity contribution >= 4 is 0 Å². The predicted molar refractivity (Wildman–Crippen MR) is 85.9 cm³/mol. The van der Waals surface area contributed by atoms with Crippen LogP contribution in [0.3, 0.4) is 0 Å². The number of hydrogen-bond acceptors (Lipinski definition) is 3. The summed E-state index contributed by atoms with van der Waals surface area (Å²) in [7, 11) is 1.66. The molecule has 0 aliphatic heterocycles. The SMILES string of the molecule is COc1ccc(OC(C)CNC(C)c2ccccc2)cc1. The molecule has 112 valence electrons. The molecule has 0 saturated heterocycles. The molecule has 2 rings (SSSR count). The first-order valence-corrected chi connectivity index (χ1v) is 7.28. The normalized spacial score (nSPS) is 13.5. The fourth-order valence-electron chi connectivity index (χ4n) is 2.13. The van der Waals surface area contributed by atoms with Crippen LogP contribution in [-0.4, -0.2) is 19.8 Å². The van der Waals surface area contributed by atoms with Crippen molar-refractivity contribution in [2.24, 2.45) is 0 Å². The van der Waals surface area contributed by atoms with Crippen LogP contribution in [0.1, 0.15) is 25.5 Å². The molecule has 0 radical (unpaired) electrons. The summed E-state index contributed by atoms with van der Waals surface area (Å²) in [6.45, 7) is 5.02. The van der Waals surface area contributed by atoms with E-state index in [-0.39, 0.29) is 6.10 Å². The van der Waals surface area contributed by atoms with Crippen molar-refractivity contribution in [1.29, 1.82) is 0 Å². The molecule has 2 aromatic carbocycles.